The van der Waals surface area contributed by atoms with Crippen LogP contribution in [0.25, 0.3) is 5.41 Å². The van der Waals surface area contributed by atoms with Gasteiger partial charge in [0.1, 0.15) is 0 Å². The van der Waals surface area contributed by atoms with Crippen molar-refractivity contribution in [2.24, 2.45) is 0 Å². The van der Waals surface area contributed by atoms with Gasteiger partial charge in [-0.3, -0.25) is 0 Å². The van der Waals surface area contributed by atoms with Crippen LogP contribution < -0.4 is 0 Å². The summed E-state index contributed by atoms with van der Waals surface area (Å²) in [4.78, 5) is 0. The van der Waals surface area contributed by atoms with E-state index < -0.39 is 0 Å². The fourth-order valence-corrected chi connectivity index (χ4v) is 0. The molecule has 0 heterocycles. The summed E-state index contributed by atoms with van der Waals surface area (Å²) in [5.74, 6) is 0. The third-order valence-electron chi connectivity index (χ3n) is 0.0500. The van der Waals surface area contributed by atoms with Crippen molar-refractivity contribution in [2.45, 2.75) is 0 Å². The third kappa shape index (κ3) is 1.16. The molecule has 0 saturated heterocycles. The lowest BCUT2D eigenvalue weighted by atomic mass is 10.9. The van der Waals surface area contributed by atoms with Crippen LogP contribution in [0.5, 0.6) is 0 Å². The molecular formula is C2N2-. The molecule has 0 unspecified atom stereocenters. The molecule has 0 aromatic heterocycles. The van der Waals surface area contributed by atoms with Crippen LogP contribution in [0.4, 0.5) is 0 Å². The second kappa shape index (κ2) is 2.16. The molecule has 0 amide bonds. The van der Waals surface area contributed by atoms with Gasteiger partial charge in [0, 0.05) is 0 Å². The molecule has 2 heteroatoms. The molecule has 0 bridgehead atoms. The standard InChI is InChI=1S/C2N2/c3-1-2-4/q-1. The van der Waals surface area contributed by atoms with Crippen LogP contribution in [-0.2, 0) is 0 Å². The highest BCUT2D eigenvalue weighted by Crippen LogP contribution is 1.26. The van der Waals surface area contributed by atoms with Gasteiger partial charge in [-0.25, -0.2) is 0 Å². The smallest absolute Gasteiger partial charge is 0.0729 e. The average molecular weight is 52.0 g/mol. The number of rotatable bonds is 0. The highest BCUT2D eigenvalue weighted by atomic mass is 14.3. The summed E-state index contributed by atoms with van der Waals surface area (Å²) in [5.41, 5.74) is 0. The summed E-state index contributed by atoms with van der Waals surface area (Å²) in [6.07, 6.45) is 1.24. The van der Waals surface area contributed by atoms with Gasteiger partial charge in [0.2, 0.25) is 0 Å². The Kier molecular flexibility index (Phi) is 1.71. The number of hydrogen-bond donors (Lipinski definition) is 0. The Morgan fingerprint density at radius 3 is 2.00 bits per heavy atom. The Bertz CT molecular complexity index is 49.5. The van der Waals surface area contributed by atoms with Crippen molar-refractivity contribution in [3.63, 3.8) is 0 Å². The van der Waals surface area contributed by atoms with Crippen LogP contribution in [0, 0.1) is 11.3 Å². The molecule has 0 rings (SSSR count). The van der Waals surface area contributed by atoms with Gasteiger partial charge in [0.25, 0.3) is 0 Å². The zero-order valence-electron chi connectivity index (χ0n) is 1.89. The van der Waals surface area contributed by atoms with Crippen molar-refractivity contribution in [2.75, 3.05) is 0 Å². The molecule has 0 aromatic rings. The molecule has 0 aliphatic rings. The molecule has 0 aliphatic carbocycles. The molecule has 0 aliphatic heterocycles. The van der Waals surface area contributed by atoms with Crippen LogP contribution in [0.15, 0.2) is 0 Å². The predicted octanol–water partition coefficient (Wildman–Crippen LogP) is 0.0272. The first-order chi connectivity index (χ1) is 1.91. The summed E-state index contributed by atoms with van der Waals surface area (Å²) >= 11 is 0. The zero-order valence-corrected chi connectivity index (χ0v) is 1.89. The van der Waals surface area contributed by atoms with Crippen molar-refractivity contribution in [3.8, 4) is 6.07 Å². The summed E-state index contributed by atoms with van der Waals surface area (Å²) in [6.45, 7) is 0. The largest absolute Gasteiger partial charge is 0.795 e. The Morgan fingerprint density at radius 1 is 1.75 bits per heavy atom. The van der Waals surface area contributed by atoms with Crippen molar-refractivity contribution < 1.29 is 0 Å². The van der Waals surface area contributed by atoms with E-state index in [-0.39, 0.29) is 0 Å². The summed E-state index contributed by atoms with van der Waals surface area (Å²) in [5, 5.41) is 14.5. The van der Waals surface area contributed by atoms with Gasteiger partial charge in [0.15, 0.2) is 0 Å². The number of nitrogens with zero attached hydrogens (tertiary/aromatic N) is 2. The minimum absolute atomic E-state index is 1.24. The van der Waals surface area contributed by atoms with Gasteiger partial charge in [-0.1, -0.05) is 6.21 Å². The molecule has 0 atom stereocenters. The van der Waals surface area contributed by atoms with Gasteiger partial charge in [-0.15, -0.1) is 0 Å². The summed E-state index contributed by atoms with van der Waals surface area (Å²) in [7, 11) is 0. The minimum atomic E-state index is 1.24. The minimum Gasteiger partial charge on any atom is -0.795 e. The van der Waals surface area contributed by atoms with Gasteiger partial charge < -0.3 is 5.41 Å². The van der Waals surface area contributed by atoms with E-state index in [0.717, 1.165) is 0 Å². The highest BCUT2D eigenvalue weighted by Gasteiger charge is 1.24. The first-order valence-corrected chi connectivity index (χ1v) is 0.697. The van der Waals surface area contributed by atoms with Crippen LogP contribution >= 0.6 is 0 Å². The molecule has 0 aromatic carbocycles. The van der Waals surface area contributed by atoms with E-state index >= 15 is 0 Å². The molecular weight excluding hydrogens is 52.0 g/mol. The maximum Gasteiger partial charge on any atom is 0.0729 e. The first-order valence-electron chi connectivity index (χ1n) is 0.697. The lowest BCUT2D eigenvalue weighted by Gasteiger charge is -1.52. The van der Waals surface area contributed by atoms with E-state index in [0.29, 0.717) is 0 Å². The zero-order chi connectivity index (χ0) is 3.41. The maximum absolute atomic E-state index is 7.26. The van der Waals surface area contributed by atoms with Gasteiger partial charge in [0.05, 0.1) is 6.07 Å². The monoisotopic (exact) mass is 52.0 g/mol. The normalized spacial score (nSPS) is 3.75. The second-order valence-corrected chi connectivity index (χ2v) is 0.224. The quantitative estimate of drug-likeness (QED) is 0.358. The number of nitriles is 1. The van der Waals surface area contributed by atoms with Crippen LogP contribution in [0.2, 0.25) is 0 Å². The molecule has 19 valence electrons. The Balaban J connectivity index is 2.92. The Hall–Kier alpha value is -0.840. The van der Waals surface area contributed by atoms with E-state index in [4.69, 9.17) is 10.7 Å². The lowest BCUT2D eigenvalue weighted by molar-refractivity contribution is 1.56. The molecule has 0 fully saturated rings. The second-order valence-electron chi connectivity index (χ2n) is 0.224. The van der Waals surface area contributed by atoms with Crippen molar-refractivity contribution >= 4 is 6.21 Å². The van der Waals surface area contributed by atoms with Crippen LogP contribution in [-0.4, -0.2) is 6.21 Å². The van der Waals surface area contributed by atoms with Crippen LogP contribution in [0.1, 0.15) is 0 Å². The third-order valence-corrected chi connectivity index (χ3v) is 0.0500. The van der Waals surface area contributed by atoms with E-state index in [1.54, 1.807) is 0 Å². The topological polar surface area (TPSA) is 46.1 Å². The molecule has 2 nitrogen and oxygen atoms in total. The Labute approximate surface area is 24.2 Å². The first kappa shape index (κ1) is 3.16. The summed E-state index contributed by atoms with van der Waals surface area (Å²) in [6, 6.07) is 1.24. The van der Waals surface area contributed by atoms with E-state index in [1.165, 1.54) is 12.3 Å². The molecule has 4 heavy (non-hydrogen) atoms. The van der Waals surface area contributed by atoms with Crippen molar-refractivity contribution in [1.82, 2.24) is 0 Å². The maximum atomic E-state index is 7.26. The Morgan fingerprint density at radius 2 is 2.00 bits per heavy atom. The highest BCUT2D eigenvalue weighted by molar-refractivity contribution is 5.77. The van der Waals surface area contributed by atoms with Crippen LogP contribution in [0.3, 0.4) is 0 Å². The molecule has 0 spiro atoms. The van der Waals surface area contributed by atoms with E-state index in [1.807, 2.05) is 0 Å². The fraction of sp³-hybridized carbons (Fsp3) is 0. The average Bonchev–Trinajstić information content (AvgIpc) is 1.37. The SMILES string of the molecule is N#C[C]=[N-]. The van der Waals surface area contributed by atoms with Crippen molar-refractivity contribution in [1.29, 1.82) is 5.26 Å². The lowest BCUT2D eigenvalue weighted by Crippen LogP contribution is -1.42. The van der Waals surface area contributed by atoms with Gasteiger partial charge in [-0.2, -0.15) is 5.26 Å². The van der Waals surface area contributed by atoms with Crippen molar-refractivity contribution in [3.05, 3.63) is 5.41 Å². The number of hydrogen-bond acceptors (Lipinski definition) is 1. The fourth-order valence-electron chi connectivity index (χ4n) is 0. The van der Waals surface area contributed by atoms with E-state index in [9.17, 15) is 0 Å². The van der Waals surface area contributed by atoms with Gasteiger partial charge >= 0.3 is 0 Å². The molecule has 0 N–H and O–H groups in total. The molecule has 0 saturated carbocycles. The molecule has 1 radical (unpaired) electrons. The van der Waals surface area contributed by atoms with Gasteiger partial charge in [-0.05, 0) is 0 Å². The van der Waals surface area contributed by atoms with E-state index in [2.05, 4.69) is 0 Å². The predicted molar refractivity (Wildman–Crippen MR) is 14.0 cm³/mol. The summed E-state index contributed by atoms with van der Waals surface area (Å²) < 4.78 is 0.